The lowest BCUT2D eigenvalue weighted by Gasteiger charge is -2.23. The average molecular weight is 472 g/mol. The molecule has 4 rings (SSSR count). The van der Waals surface area contributed by atoms with Crippen molar-refractivity contribution in [2.24, 2.45) is 0 Å². The first-order chi connectivity index (χ1) is 15.1. The highest BCUT2D eigenvalue weighted by atomic mass is 35.5. The monoisotopic (exact) mass is 471 g/mol. The van der Waals surface area contributed by atoms with Crippen LogP contribution in [0.4, 0.5) is 17.6 Å². The van der Waals surface area contributed by atoms with Crippen LogP contribution in [0, 0.1) is 5.82 Å². The molecule has 12 heteroatoms. The number of para-hydroxylation sites is 1. The number of carboxylic acid groups (broad SMARTS) is 1. The number of hydrogen-bond acceptors (Lipinski definition) is 5. The maximum atomic E-state index is 14.4. The number of aliphatic carboxylic acids is 1. The van der Waals surface area contributed by atoms with Gasteiger partial charge in [-0.25, -0.2) is 4.39 Å². The van der Waals surface area contributed by atoms with Gasteiger partial charge in [-0.15, -0.1) is 10.2 Å². The van der Waals surface area contributed by atoms with E-state index >= 15 is 0 Å². The quantitative estimate of drug-likeness (QED) is 0.554. The zero-order chi connectivity index (χ0) is 23.2. The summed E-state index contributed by atoms with van der Waals surface area (Å²) in [5, 5.41) is 16.3. The highest BCUT2D eigenvalue weighted by molar-refractivity contribution is 6.30. The molecule has 0 saturated heterocycles. The lowest BCUT2D eigenvalue weighted by Crippen LogP contribution is -2.17. The van der Waals surface area contributed by atoms with Crippen LogP contribution in [0.25, 0.3) is 5.69 Å². The zero-order valence-electron chi connectivity index (χ0n) is 16.2. The molecule has 7 nitrogen and oxygen atoms in total. The number of benzene rings is 2. The Balaban J connectivity index is 2.04. The Hall–Kier alpha value is -3.18. The fraction of sp³-hybridized carbons (Fsp3) is 0.250. The molecule has 1 aliphatic heterocycles. The summed E-state index contributed by atoms with van der Waals surface area (Å²) in [5.74, 6) is -3.99. The second-order valence-electron chi connectivity index (χ2n) is 6.88. The number of fused-ring (bicyclic) bond motifs is 3. The Labute approximate surface area is 183 Å². The lowest BCUT2D eigenvalue weighted by molar-refractivity contribution is -0.146. The van der Waals surface area contributed by atoms with E-state index in [1.54, 1.807) is 0 Å². The summed E-state index contributed by atoms with van der Waals surface area (Å²) in [5.41, 5.74) is 0.227. The van der Waals surface area contributed by atoms with Crippen molar-refractivity contribution in [3.8, 4) is 11.4 Å². The van der Waals surface area contributed by atoms with Gasteiger partial charge in [0.05, 0.1) is 19.2 Å². The zero-order valence-corrected chi connectivity index (χ0v) is 17.0. The summed E-state index contributed by atoms with van der Waals surface area (Å²) >= 11 is 6.12. The molecule has 2 heterocycles. The standard InChI is InChI=1S/C20H14ClF4N3O4/c1-31-17-10(3-2-4-12(17)22)16-11-7-9(21)5-6-13(11)28-18(14(32-16)8-15(29)30)26-27-19(28)20(23,24)25/h2-7,14,16H,8H2,1H3,(H,29,30). The molecule has 2 atom stereocenters. The SMILES string of the molecule is COc1c(F)cccc1C1OC(CC(=O)O)c2nnc(C(F)(F)F)n2-c2ccc(Cl)cc21. The highest BCUT2D eigenvalue weighted by Gasteiger charge is 2.43. The number of halogens is 5. The van der Waals surface area contributed by atoms with Crippen molar-refractivity contribution in [3.63, 3.8) is 0 Å². The number of aromatic nitrogens is 3. The Morgan fingerprint density at radius 2 is 2.00 bits per heavy atom. The number of carboxylic acids is 1. The van der Waals surface area contributed by atoms with Crippen molar-refractivity contribution < 1.29 is 36.9 Å². The minimum atomic E-state index is -4.90. The van der Waals surface area contributed by atoms with E-state index in [1.165, 1.54) is 37.4 Å². The third-order valence-electron chi connectivity index (χ3n) is 4.89. The fourth-order valence-electron chi connectivity index (χ4n) is 3.65. The molecular formula is C20H14ClF4N3O4. The van der Waals surface area contributed by atoms with Gasteiger partial charge in [0.2, 0.25) is 5.82 Å². The van der Waals surface area contributed by atoms with Gasteiger partial charge in [-0.3, -0.25) is 9.36 Å². The van der Waals surface area contributed by atoms with Crippen molar-refractivity contribution >= 4 is 17.6 Å². The minimum absolute atomic E-state index is 0.0362. The van der Waals surface area contributed by atoms with Gasteiger partial charge in [0, 0.05) is 16.1 Å². The van der Waals surface area contributed by atoms with E-state index in [4.69, 9.17) is 21.1 Å². The summed E-state index contributed by atoms with van der Waals surface area (Å²) in [6, 6.07) is 8.01. The van der Waals surface area contributed by atoms with Gasteiger partial charge >= 0.3 is 12.1 Å². The molecule has 0 amide bonds. The summed E-state index contributed by atoms with van der Waals surface area (Å²) in [7, 11) is 1.23. The van der Waals surface area contributed by atoms with Crippen molar-refractivity contribution in [1.82, 2.24) is 14.8 Å². The third kappa shape index (κ3) is 3.78. The van der Waals surface area contributed by atoms with Crippen LogP contribution in [0.15, 0.2) is 36.4 Å². The van der Waals surface area contributed by atoms with E-state index in [-0.39, 0.29) is 33.4 Å². The molecule has 1 N–H and O–H groups in total. The van der Waals surface area contributed by atoms with E-state index in [1.807, 2.05) is 0 Å². The second-order valence-corrected chi connectivity index (χ2v) is 7.32. The summed E-state index contributed by atoms with van der Waals surface area (Å²) in [6.45, 7) is 0. The van der Waals surface area contributed by atoms with Crippen LogP contribution in [-0.2, 0) is 15.7 Å². The first kappa shape index (κ1) is 22.0. The van der Waals surface area contributed by atoms with Crippen LogP contribution >= 0.6 is 11.6 Å². The number of ether oxygens (including phenoxy) is 2. The Morgan fingerprint density at radius 3 is 2.66 bits per heavy atom. The molecule has 2 unspecified atom stereocenters. The van der Waals surface area contributed by atoms with Gasteiger partial charge in [0.25, 0.3) is 0 Å². The predicted octanol–water partition coefficient (Wildman–Crippen LogP) is 4.72. The highest BCUT2D eigenvalue weighted by Crippen LogP contribution is 2.46. The van der Waals surface area contributed by atoms with Crippen molar-refractivity contribution in [2.45, 2.75) is 24.8 Å². The second kappa shape index (κ2) is 8.06. The third-order valence-corrected chi connectivity index (χ3v) is 5.12. The number of hydrogen-bond donors (Lipinski definition) is 1. The van der Waals surface area contributed by atoms with Gasteiger partial charge in [-0.1, -0.05) is 23.7 Å². The number of carbonyl (C=O) groups is 1. The van der Waals surface area contributed by atoms with Gasteiger partial charge in [-0.05, 0) is 24.3 Å². The van der Waals surface area contributed by atoms with E-state index < -0.39 is 42.4 Å². The number of rotatable bonds is 4. The van der Waals surface area contributed by atoms with E-state index in [0.717, 1.165) is 6.07 Å². The molecule has 168 valence electrons. The van der Waals surface area contributed by atoms with Crippen molar-refractivity contribution in [2.75, 3.05) is 7.11 Å². The molecule has 32 heavy (non-hydrogen) atoms. The Morgan fingerprint density at radius 1 is 1.25 bits per heavy atom. The molecule has 0 aliphatic carbocycles. The lowest BCUT2D eigenvalue weighted by atomic mass is 9.98. The molecule has 3 aromatic rings. The Bertz CT molecular complexity index is 1200. The first-order valence-electron chi connectivity index (χ1n) is 9.13. The molecule has 0 spiro atoms. The van der Waals surface area contributed by atoms with Crippen LogP contribution < -0.4 is 4.74 Å². The topological polar surface area (TPSA) is 86.5 Å². The maximum Gasteiger partial charge on any atom is 0.452 e. The van der Waals surface area contributed by atoms with Crippen LogP contribution in [-0.4, -0.2) is 33.0 Å². The molecule has 2 aromatic carbocycles. The molecule has 0 radical (unpaired) electrons. The van der Waals surface area contributed by atoms with Gasteiger partial charge in [0.1, 0.15) is 12.2 Å². The average Bonchev–Trinajstić information content (AvgIpc) is 3.11. The van der Waals surface area contributed by atoms with Crippen LogP contribution in [0.1, 0.15) is 41.4 Å². The van der Waals surface area contributed by atoms with Crippen LogP contribution in [0.3, 0.4) is 0 Å². The Kier molecular flexibility index (Phi) is 5.55. The summed E-state index contributed by atoms with van der Waals surface area (Å²) < 4.78 is 67.4. The van der Waals surface area contributed by atoms with E-state index in [0.29, 0.717) is 4.57 Å². The number of nitrogens with zero attached hydrogens (tertiary/aromatic N) is 3. The van der Waals surface area contributed by atoms with Gasteiger partial charge in [0.15, 0.2) is 17.4 Å². The summed E-state index contributed by atoms with van der Waals surface area (Å²) in [6.07, 6.45) is -8.28. The molecule has 1 aromatic heterocycles. The molecule has 1 aliphatic rings. The smallest absolute Gasteiger partial charge is 0.452 e. The number of methoxy groups -OCH3 is 1. The van der Waals surface area contributed by atoms with Crippen molar-refractivity contribution in [1.29, 1.82) is 0 Å². The predicted molar refractivity (Wildman–Crippen MR) is 102 cm³/mol. The van der Waals surface area contributed by atoms with E-state index in [2.05, 4.69) is 10.2 Å². The first-order valence-corrected chi connectivity index (χ1v) is 9.51. The minimum Gasteiger partial charge on any atom is -0.493 e. The fourth-order valence-corrected chi connectivity index (χ4v) is 3.83. The summed E-state index contributed by atoms with van der Waals surface area (Å²) in [4.78, 5) is 11.5. The van der Waals surface area contributed by atoms with Gasteiger partial charge < -0.3 is 14.6 Å². The normalized spacial score (nSPS) is 17.9. The van der Waals surface area contributed by atoms with Gasteiger partial charge in [-0.2, -0.15) is 13.2 Å². The van der Waals surface area contributed by atoms with Crippen LogP contribution in [0.2, 0.25) is 5.02 Å². The molecule has 0 fully saturated rings. The molecule has 0 bridgehead atoms. The largest absolute Gasteiger partial charge is 0.493 e. The van der Waals surface area contributed by atoms with Crippen molar-refractivity contribution in [3.05, 3.63) is 70.0 Å². The molecule has 0 saturated carbocycles. The van der Waals surface area contributed by atoms with Crippen LogP contribution in [0.5, 0.6) is 5.75 Å². The number of alkyl halides is 3. The maximum absolute atomic E-state index is 14.4. The molecular weight excluding hydrogens is 458 g/mol. The van der Waals surface area contributed by atoms with E-state index in [9.17, 15) is 27.5 Å².